The number of Topliss-reactive ketones (excluding diaryl/α,β-unsaturated/α-hetero) is 1. The maximum absolute atomic E-state index is 13.9. The molecule has 3 heterocycles. The van der Waals surface area contributed by atoms with Gasteiger partial charge < -0.3 is 34.2 Å². The molecule has 0 bridgehead atoms. The zero-order valence-corrected chi connectivity index (χ0v) is 30.4. The number of piperazine rings is 1. The molecule has 4 aromatic rings. The number of para-hydroxylation sites is 1. The average Bonchev–Trinajstić information content (AvgIpc) is 3.67. The van der Waals surface area contributed by atoms with Crippen molar-refractivity contribution in [1.82, 2.24) is 19.8 Å². The molecule has 1 N–H and O–H groups in total. The smallest absolute Gasteiger partial charge is 0.263 e. The minimum atomic E-state index is -0.634. The summed E-state index contributed by atoms with van der Waals surface area (Å²) in [4.78, 5) is 55.8. The fraction of sp³-hybridized carbons (Fsp3) is 0.351. The van der Waals surface area contributed by atoms with Gasteiger partial charge in [0.1, 0.15) is 17.6 Å². The first-order valence-corrected chi connectivity index (χ1v) is 18.3. The Morgan fingerprint density at radius 3 is 2.27 bits per heavy atom. The van der Waals surface area contributed by atoms with E-state index in [-0.39, 0.29) is 24.0 Å². The summed E-state index contributed by atoms with van der Waals surface area (Å²) in [5.41, 5.74) is 1.20. The van der Waals surface area contributed by atoms with Crippen LogP contribution in [0.1, 0.15) is 30.1 Å². The van der Waals surface area contributed by atoms with Crippen molar-refractivity contribution < 1.29 is 28.6 Å². The Hall–Kier alpha value is -4.95. The zero-order chi connectivity index (χ0) is 35.9. The van der Waals surface area contributed by atoms with Gasteiger partial charge in [0.25, 0.3) is 5.91 Å². The summed E-state index contributed by atoms with van der Waals surface area (Å²) in [7, 11) is 3.09. The number of ether oxygens (including phenoxy) is 3. The summed E-state index contributed by atoms with van der Waals surface area (Å²) in [6.07, 6.45) is -0.000368. The van der Waals surface area contributed by atoms with E-state index in [0.717, 1.165) is 0 Å². The molecule has 266 valence electrons. The quantitative estimate of drug-likeness (QED) is 0.155. The summed E-state index contributed by atoms with van der Waals surface area (Å²) >= 11 is 7.35. The molecule has 51 heavy (non-hydrogen) atoms. The zero-order valence-electron chi connectivity index (χ0n) is 28.7. The number of thioether (sulfide) groups is 1. The van der Waals surface area contributed by atoms with Crippen LogP contribution in [0.15, 0.2) is 72.8 Å². The number of nitrogens with zero attached hydrogens (tertiary/aromatic N) is 5. The normalized spacial score (nSPS) is 16.5. The molecule has 2 aliphatic rings. The lowest BCUT2D eigenvalue weighted by Crippen LogP contribution is -2.52. The number of aromatic nitrogens is 2. The Morgan fingerprint density at radius 2 is 1.59 bits per heavy atom. The molecule has 0 aliphatic carbocycles. The molecule has 0 radical (unpaired) electrons. The van der Waals surface area contributed by atoms with Gasteiger partial charge in [-0.3, -0.25) is 14.4 Å². The van der Waals surface area contributed by atoms with Crippen LogP contribution >= 0.6 is 24.0 Å². The number of hydrogen-bond donors (Lipinski definition) is 1. The predicted octanol–water partition coefficient (Wildman–Crippen LogP) is 5.07. The van der Waals surface area contributed by atoms with E-state index in [1.807, 2.05) is 58.3 Å². The van der Waals surface area contributed by atoms with Gasteiger partial charge in [-0.1, -0.05) is 60.7 Å². The molecule has 0 spiro atoms. The topological polar surface area (TPSA) is 126 Å². The van der Waals surface area contributed by atoms with Crippen molar-refractivity contribution in [2.24, 2.45) is 0 Å². The first-order chi connectivity index (χ1) is 24.7. The number of carbonyl (C=O) groups is 3. The molecule has 2 saturated heterocycles. The molecule has 3 aromatic carbocycles. The standard InChI is InChI=1S/C37H40N6O6S2/c1-24(49-26-12-8-5-9-13-26)36(46)41-16-18-42(19-17-41)37-38-28-21-32(48-3)31(47-2)20-27(28)34(40-37)39-35(45)29-22-51-23-43(29)33(50)15-14-30(44)25-10-6-4-7-11-25/h4-13,20-21,24,29H,14-19,22-23H2,1-3H3,(H,38,39,40,45). The Morgan fingerprint density at radius 1 is 0.922 bits per heavy atom. The summed E-state index contributed by atoms with van der Waals surface area (Å²) in [6.45, 7) is 3.63. The summed E-state index contributed by atoms with van der Waals surface area (Å²) in [6, 6.07) is 21.4. The molecule has 2 fully saturated rings. The Balaban J connectivity index is 1.17. The molecule has 12 nitrogen and oxygen atoms in total. The Bertz CT molecular complexity index is 1890. The van der Waals surface area contributed by atoms with Crippen LogP contribution < -0.4 is 24.4 Å². The third-order valence-electron chi connectivity index (χ3n) is 8.88. The van der Waals surface area contributed by atoms with Crippen molar-refractivity contribution in [1.29, 1.82) is 0 Å². The largest absolute Gasteiger partial charge is 0.493 e. The monoisotopic (exact) mass is 728 g/mol. The van der Waals surface area contributed by atoms with Crippen LogP contribution in [0.3, 0.4) is 0 Å². The van der Waals surface area contributed by atoms with Crippen molar-refractivity contribution >= 4 is 69.2 Å². The van der Waals surface area contributed by atoms with Crippen molar-refractivity contribution in [3.63, 3.8) is 0 Å². The SMILES string of the molecule is COc1cc2nc(N3CCN(C(=O)C(C)Oc4ccccc4)CC3)nc(NC(=O)C3CSCN3C(=S)CCC(=O)c3ccccc3)c2cc1OC. The van der Waals surface area contributed by atoms with Crippen LogP contribution in [-0.4, -0.2) is 107 Å². The highest BCUT2D eigenvalue weighted by Gasteiger charge is 2.34. The van der Waals surface area contributed by atoms with Crippen LogP contribution in [-0.2, 0) is 9.59 Å². The summed E-state index contributed by atoms with van der Waals surface area (Å²) in [5, 5.41) is 3.64. The Kier molecular flexibility index (Phi) is 11.5. The second kappa shape index (κ2) is 16.4. The Labute approximate surface area is 306 Å². The van der Waals surface area contributed by atoms with Crippen LogP contribution in [0.25, 0.3) is 10.9 Å². The number of fused-ring (bicyclic) bond motifs is 1. The molecule has 2 unspecified atom stereocenters. The second-order valence-corrected chi connectivity index (χ2v) is 13.6. The highest BCUT2D eigenvalue weighted by molar-refractivity contribution is 7.99. The van der Waals surface area contributed by atoms with E-state index in [9.17, 15) is 14.4 Å². The molecular formula is C37H40N6O6S2. The van der Waals surface area contributed by atoms with Crippen LogP contribution in [0, 0.1) is 0 Å². The third-order valence-corrected chi connectivity index (χ3v) is 10.3. The molecule has 6 rings (SSSR count). The summed E-state index contributed by atoms with van der Waals surface area (Å²) in [5.74, 6) is 3.08. The number of carbonyl (C=O) groups excluding carboxylic acids is 3. The predicted molar refractivity (Wildman–Crippen MR) is 202 cm³/mol. The van der Waals surface area contributed by atoms with Gasteiger partial charge in [-0.2, -0.15) is 4.98 Å². The van der Waals surface area contributed by atoms with Gasteiger partial charge in [0.05, 0.1) is 30.6 Å². The minimum Gasteiger partial charge on any atom is -0.493 e. The van der Waals surface area contributed by atoms with Crippen molar-refractivity contribution in [3.8, 4) is 17.2 Å². The van der Waals surface area contributed by atoms with Crippen LogP contribution in [0.5, 0.6) is 17.2 Å². The van der Waals surface area contributed by atoms with Gasteiger partial charge in [0.2, 0.25) is 11.9 Å². The van der Waals surface area contributed by atoms with E-state index in [2.05, 4.69) is 5.32 Å². The average molecular weight is 729 g/mol. The first-order valence-electron chi connectivity index (χ1n) is 16.7. The number of ketones is 1. The number of methoxy groups -OCH3 is 2. The van der Waals surface area contributed by atoms with Gasteiger partial charge in [-0.05, 0) is 25.1 Å². The van der Waals surface area contributed by atoms with Gasteiger partial charge in [0, 0.05) is 61.8 Å². The highest BCUT2D eigenvalue weighted by Crippen LogP contribution is 2.36. The van der Waals surface area contributed by atoms with Crippen molar-refractivity contribution in [2.75, 3.05) is 62.2 Å². The molecule has 2 atom stereocenters. The number of thiocarbonyl (C=S) groups is 1. The fourth-order valence-corrected chi connectivity index (χ4v) is 7.62. The highest BCUT2D eigenvalue weighted by atomic mass is 32.2. The lowest BCUT2D eigenvalue weighted by molar-refractivity contribution is -0.138. The van der Waals surface area contributed by atoms with E-state index >= 15 is 0 Å². The van der Waals surface area contributed by atoms with Gasteiger partial charge in [-0.15, -0.1) is 11.8 Å². The number of nitrogens with one attached hydrogen (secondary N) is 1. The van der Waals surface area contributed by atoms with Crippen molar-refractivity contribution in [3.05, 3.63) is 78.4 Å². The number of rotatable bonds is 12. The second-order valence-electron chi connectivity index (χ2n) is 12.1. The minimum absolute atomic E-state index is 0.00962. The molecular weight excluding hydrogens is 689 g/mol. The number of benzene rings is 3. The summed E-state index contributed by atoms with van der Waals surface area (Å²) < 4.78 is 17.0. The molecule has 1 aromatic heterocycles. The molecule has 2 amide bonds. The lowest BCUT2D eigenvalue weighted by atomic mass is 10.1. The maximum atomic E-state index is 13.9. The van der Waals surface area contributed by atoms with E-state index < -0.39 is 12.1 Å². The molecule has 14 heteroatoms. The number of anilines is 2. The van der Waals surface area contributed by atoms with E-state index in [1.165, 1.54) is 0 Å². The van der Waals surface area contributed by atoms with Gasteiger partial charge in [0.15, 0.2) is 23.4 Å². The lowest BCUT2D eigenvalue weighted by Gasteiger charge is -2.36. The molecule has 2 aliphatic heterocycles. The van der Waals surface area contributed by atoms with E-state index in [1.54, 1.807) is 62.1 Å². The van der Waals surface area contributed by atoms with Gasteiger partial charge in [-0.25, -0.2) is 4.98 Å². The first kappa shape index (κ1) is 35.9. The van der Waals surface area contributed by atoms with E-state index in [0.29, 0.717) is 94.7 Å². The maximum Gasteiger partial charge on any atom is 0.263 e. The molecule has 0 saturated carbocycles. The number of hydrogen-bond acceptors (Lipinski definition) is 11. The van der Waals surface area contributed by atoms with E-state index in [4.69, 9.17) is 36.4 Å². The number of amides is 2. The van der Waals surface area contributed by atoms with Crippen LogP contribution in [0.4, 0.5) is 11.8 Å². The van der Waals surface area contributed by atoms with Crippen LogP contribution in [0.2, 0.25) is 0 Å². The van der Waals surface area contributed by atoms with Crippen molar-refractivity contribution in [2.45, 2.75) is 31.9 Å². The van der Waals surface area contributed by atoms with Gasteiger partial charge >= 0.3 is 0 Å². The third kappa shape index (κ3) is 8.34. The fourth-order valence-electron chi connectivity index (χ4n) is 6.06.